The van der Waals surface area contributed by atoms with Gasteiger partial charge in [-0.15, -0.1) is 11.3 Å². The van der Waals surface area contributed by atoms with Gasteiger partial charge in [0, 0.05) is 27.5 Å². The second-order valence-electron chi connectivity index (χ2n) is 4.38. The number of benzene rings is 1. The summed E-state index contributed by atoms with van der Waals surface area (Å²) in [5, 5.41) is 3.13. The topological polar surface area (TPSA) is 17.1 Å². The van der Waals surface area contributed by atoms with Crippen LogP contribution in [0.25, 0.3) is 10.1 Å². The smallest absolute Gasteiger partial charge is 0.164 e. The summed E-state index contributed by atoms with van der Waals surface area (Å²) < 4.78 is 1.21. The highest BCUT2D eigenvalue weighted by Crippen LogP contribution is 2.27. The zero-order valence-corrected chi connectivity index (χ0v) is 11.1. The van der Waals surface area contributed by atoms with Crippen LogP contribution in [0.4, 0.5) is 0 Å². The molecule has 1 nitrogen and oxygen atoms in total. The highest BCUT2D eigenvalue weighted by Gasteiger charge is 2.10. The molecule has 0 atom stereocenters. The molecule has 17 heavy (non-hydrogen) atoms. The summed E-state index contributed by atoms with van der Waals surface area (Å²) in [6.07, 6.45) is 5.34. The van der Waals surface area contributed by atoms with Crippen molar-refractivity contribution < 1.29 is 4.79 Å². The fraction of sp³-hybridized carbons (Fsp3) is 0.400. The number of carbonyl (C=O) groups excluding carboxylic acids is 1. The van der Waals surface area contributed by atoms with Crippen LogP contribution >= 0.6 is 11.3 Å². The summed E-state index contributed by atoms with van der Waals surface area (Å²) in [5.74, 6) is 0.304. The standard InChI is InChI=1S/C15H18OS/c1-2-3-4-5-9-14(16)13-11-17-15-10-7-6-8-12(13)15/h6-8,10-11H,2-5,9H2,1H3. The van der Waals surface area contributed by atoms with Crippen LogP contribution in [0.2, 0.25) is 0 Å². The first-order chi connectivity index (χ1) is 8.33. The third-order valence-electron chi connectivity index (χ3n) is 3.04. The first-order valence-electron chi connectivity index (χ1n) is 6.32. The molecule has 2 aromatic rings. The maximum absolute atomic E-state index is 12.1. The molecule has 1 aromatic carbocycles. The van der Waals surface area contributed by atoms with Gasteiger partial charge in [0.05, 0.1) is 0 Å². The van der Waals surface area contributed by atoms with Crippen LogP contribution in [0.15, 0.2) is 29.6 Å². The first kappa shape index (κ1) is 12.3. The quantitative estimate of drug-likeness (QED) is 0.514. The second kappa shape index (κ2) is 5.97. The Morgan fingerprint density at radius 1 is 1.18 bits per heavy atom. The van der Waals surface area contributed by atoms with Gasteiger partial charge in [0.2, 0.25) is 0 Å². The molecule has 0 spiro atoms. The van der Waals surface area contributed by atoms with Crippen molar-refractivity contribution in [2.45, 2.75) is 39.0 Å². The molecule has 0 aliphatic carbocycles. The maximum Gasteiger partial charge on any atom is 0.164 e. The van der Waals surface area contributed by atoms with Gasteiger partial charge in [-0.1, -0.05) is 44.4 Å². The molecule has 1 heterocycles. The minimum Gasteiger partial charge on any atom is -0.294 e. The minimum absolute atomic E-state index is 0.304. The Balaban J connectivity index is 2.04. The Bertz CT molecular complexity index is 498. The van der Waals surface area contributed by atoms with Crippen molar-refractivity contribution in [1.29, 1.82) is 0 Å². The Hall–Kier alpha value is -1.15. The van der Waals surface area contributed by atoms with E-state index < -0.39 is 0 Å². The Morgan fingerprint density at radius 3 is 2.82 bits per heavy atom. The van der Waals surface area contributed by atoms with Crippen molar-refractivity contribution in [3.8, 4) is 0 Å². The zero-order valence-electron chi connectivity index (χ0n) is 10.2. The van der Waals surface area contributed by atoms with Crippen molar-refractivity contribution in [2.75, 3.05) is 0 Å². The first-order valence-corrected chi connectivity index (χ1v) is 7.20. The van der Waals surface area contributed by atoms with E-state index in [0.29, 0.717) is 12.2 Å². The molecular weight excluding hydrogens is 228 g/mol. The highest BCUT2D eigenvalue weighted by molar-refractivity contribution is 7.17. The average Bonchev–Trinajstić information content (AvgIpc) is 2.78. The van der Waals surface area contributed by atoms with Crippen LogP contribution in [-0.4, -0.2) is 5.78 Å². The number of thiophene rings is 1. The van der Waals surface area contributed by atoms with Crippen molar-refractivity contribution in [3.05, 3.63) is 35.2 Å². The molecule has 0 saturated carbocycles. The molecule has 1 aromatic heterocycles. The van der Waals surface area contributed by atoms with Gasteiger partial charge < -0.3 is 0 Å². The molecule has 0 fully saturated rings. The SMILES string of the molecule is CCCCCCC(=O)c1csc2ccccc12. The lowest BCUT2D eigenvalue weighted by Gasteiger charge is -1.99. The molecule has 0 N–H and O–H groups in total. The summed E-state index contributed by atoms with van der Waals surface area (Å²) in [7, 11) is 0. The fourth-order valence-corrected chi connectivity index (χ4v) is 3.01. The van der Waals surface area contributed by atoms with Crippen molar-refractivity contribution in [2.24, 2.45) is 0 Å². The molecule has 0 saturated heterocycles. The van der Waals surface area contributed by atoms with Gasteiger partial charge in [0.1, 0.15) is 0 Å². The normalized spacial score (nSPS) is 10.9. The fourth-order valence-electron chi connectivity index (χ4n) is 2.04. The van der Waals surface area contributed by atoms with Crippen molar-refractivity contribution >= 4 is 27.2 Å². The molecular formula is C15H18OS. The zero-order chi connectivity index (χ0) is 12.1. The van der Waals surface area contributed by atoms with Gasteiger partial charge in [0.25, 0.3) is 0 Å². The van der Waals surface area contributed by atoms with Crippen molar-refractivity contribution in [3.63, 3.8) is 0 Å². The lowest BCUT2D eigenvalue weighted by molar-refractivity contribution is 0.0981. The van der Waals surface area contributed by atoms with E-state index in [0.717, 1.165) is 17.4 Å². The van der Waals surface area contributed by atoms with Gasteiger partial charge in [-0.05, 0) is 12.5 Å². The molecule has 0 amide bonds. The van der Waals surface area contributed by atoms with Crippen LogP contribution in [0, 0.1) is 0 Å². The van der Waals surface area contributed by atoms with Gasteiger partial charge >= 0.3 is 0 Å². The number of carbonyl (C=O) groups is 1. The van der Waals surface area contributed by atoms with Crippen LogP contribution in [0.5, 0.6) is 0 Å². The summed E-state index contributed by atoms with van der Waals surface area (Å²) in [5.41, 5.74) is 0.919. The number of fused-ring (bicyclic) bond motifs is 1. The van der Waals surface area contributed by atoms with Crippen LogP contribution in [-0.2, 0) is 0 Å². The monoisotopic (exact) mass is 246 g/mol. The molecule has 90 valence electrons. The lowest BCUT2D eigenvalue weighted by atomic mass is 10.0. The van der Waals surface area contributed by atoms with Crippen LogP contribution in [0.1, 0.15) is 49.4 Å². The molecule has 0 unspecified atom stereocenters. The van der Waals surface area contributed by atoms with Crippen LogP contribution < -0.4 is 0 Å². The van der Waals surface area contributed by atoms with E-state index in [1.54, 1.807) is 11.3 Å². The second-order valence-corrected chi connectivity index (χ2v) is 5.29. The predicted molar refractivity (Wildman–Crippen MR) is 74.9 cm³/mol. The van der Waals surface area contributed by atoms with E-state index in [9.17, 15) is 4.79 Å². The van der Waals surface area contributed by atoms with E-state index in [1.807, 2.05) is 23.6 Å². The highest BCUT2D eigenvalue weighted by atomic mass is 32.1. The van der Waals surface area contributed by atoms with Crippen LogP contribution in [0.3, 0.4) is 0 Å². The Labute approximate surface area is 106 Å². The number of hydrogen-bond donors (Lipinski definition) is 0. The molecule has 0 bridgehead atoms. The van der Waals surface area contributed by atoms with Gasteiger partial charge in [0.15, 0.2) is 5.78 Å². The van der Waals surface area contributed by atoms with E-state index in [2.05, 4.69) is 13.0 Å². The van der Waals surface area contributed by atoms with Gasteiger partial charge in [-0.25, -0.2) is 0 Å². The van der Waals surface area contributed by atoms with E-state index in [-0.39, 0.29) is 0 Å². The summed E-state index contributed by atoms with van der Waals surface area (Å²) >= 11 is 1.67. The predicted octanol–water partition coefficient (Wildman–Crippen LogP) is 5.05. The largest absolute Gasteiger partial charge is 0.294 e. The molecule has 0 radical (unpaired) electrons. The lowest BCUT2D eigenvalue weighted by Crippen LogP contribution is -1.97. The summed E-state index contributed by atoms with van der Waals surface area (Å²) in [6, 6.07) is 8.15. The van der Waals surface area contributed by atoms with Gasteiger partial charge in [-0.3, -0.25) is 4.79 Å². The number of ketones is 1. The van der Waals surface area contributed by atoms with E-state index >= 15 is 0 Å². The number of rotatable bonds is 6. The van der Waals surface area contributed by atoms with Crippen molar-refractivity contribution in [1.82, 2.24) is 0 Å². The third kappa shape index (κ3) is 2.95. The number of hydrogen-bond acceptors (Lipinski definition) is 2. The number of unbranched alkanes of at least 4 members (excludes halogenated alkanes) is 3. The molecule has 0 aliphatic rings. The Kier molecular flexibility index (Phi) is 4.32. The van der Waals surface area contributed by atoms with E-state index in [4.69, 9.17) is 0 Å². The molecule has 0 aliphatic heterocycles. The third-order valence-corrected chi connectivity index (χ3v) is 4.00. The summed E-state index contributed by atoms with van der Waals surface area (Å²) in [6.45, 7) is 2.19. The summed E-state index contributed by atoms with van der Waals surface area (Å²) in [4.78, 5) is 12.1. The molecule has 2 heteroatoms. The van der Waals surface area contributed by atoms with E-state index in [1.165, 1.54) is 24.0 Å². The van der Waals surface area contributed by atoms with Gasteiger partial charge in [-0.2, -0.15) is 0 Å². The minimum atomic E-state index is 0.304. The number of Topliss-reactive ketones (excluding diaryl/α,β-unsaturated/α-hetero) is 1. The maximum atomic E-state index is 12.1. The Morgan fingerprint density at radius 2 is 2.00 bits per heavy atom. The molecule has 2 rings (SSSR count). The average molecular weight is 246 g/mol.